The minimum atomic E-state index is -2.84. The third-order valence-electron chi connectivity index (χ3n) is 4.14. The average Bonchev–Trinajstić information content (AvgIpc) is 2.73. The van der Waals surface area contributed by atoms with E-state index in [9.17, 15) is 13.6 Å². The van der Waals surface area contributed by atoms with Gasteiger partial charge >= 0.3 is 6.61 Å². The topological polar surface area (TPSA) is 76.1 Å². The molecule has 1 aromatic heterocycles. The third-order valence-corrected chi connectivity index (χ3v) is 4.99. The molecule has 3 rings (SSSR count). The number of fused-ring (bicyclic) bond motifs is 1. The van der Waals surface area contributed by atoms with Crippen molar-refractivity contribution in [1.82, 2.24) is 15.3 Å². The van der Waals surface area contributed by atoms with E-state index in [0.29, 0.717) is 18.1 Å². The molecule has 3 aromatic rings. The molecule has 0 aliphatic rings. The summed E-state index contributed by atoms with van der Waals surface area (Å²) in [5.41, 5.74) is 1.74. The van der Waals surface area contributed by atoms with Gasteiger partial charge in [-0.15, -0.1) is 0 Å². The molecule has 0 aliphatic heterocycles. The summed E-state index contributed by atoms with van der Waals surface area (Å²) in [6, 6.07) is 14.1. The maximum atomic E-state index is 12.2. The van der Waals surface area contributed by atoms with Crippen LogP contribution in [0.25, 0.3) is 10.9 Å². The van der Waals surface area contributed by atoms with Crippen molar-refractivity contribution in [2.75, 3.05) is 24.2 Å². The number of anilines is 1. The number of amides is 1. The van der Waals surface area contributed by atoms with Crippen LogP contribution in [0.2, 0.25) is 0 Å². The Morgan fingerprint density at radius 3 is 2.63 bits per heavy atom. The standard InChI is InChI=1S/C21H22F2N4O2S/c1-2-24-19-16-5-3-4-6-17(16)26-21(27-19)30-13-18(28)25-12-11-14-7-9-15(10-8-14)29-20(22)23/h3-10,20H,2,11-13H2,1H3,(H,25,28)(H,24,26,27). The van der Waals surface area contributed by atoms with Crippen molar-refractivity contribution in [3.8, 4) is 5.75 Å². The summed E-state index contributed by atoms with van der Waals surface area (Å²) < 4.78 is 28.6. The first-order valence-electron chi connectivity index (χ1n) is 9.49. The molecule has 0 saturated heterocycles. The van der Waals surface area contributed by atoms with Crippen molar-refractivity contribution < 1.29 is 18.3 Å². The number of hydrogen-bond acceptors (Lipinski definition) is 6. The SMILES string of the molecule is CCNc1nc(SCC(=O)NCCc2ccc(OC(F)F)cc2)nc2ccccc12. The summed E-state index contributed by atoms with van der Waals surface area (Å²) in [5.74, 6) is 0.941. The second-order valence-corrected chi connectivity index (χ2v) is 7.26. The van der Waals surface area contributed by atoms with Crippen LogP contribution in [0.5, 0.6) is 5.75 Å². The summed E-state index contributed by atoms with van der Waals surface area (Å²) in [6.45, 7) is 0.334. The Morgan fingerprint density at radius 1 is 1.13 bits per heavy atom. The van der Waals surface area contributed by atoms with Gasteiger partial charge in [-0.3, -0.25) is 4.79 Å². The van der Waals surface area contributed by atoms with Gasteiger partial charge < -0.3 is 15.4 Å². The summed E-state index contributed by atoms with van der Waals surface area (Å²) in [4.78, 5) is 21.2. The molecule has 0 spiro atoms. The number of nitrogens with zero attached hydrogens (tertiary/aromatic N) is 2. The number of para-hydroxylation sites is 1. The lowest BCUT2D eigenvalue weighted by molar-refractivity contribution is -0.118. The molecule has 0 atom stereocenters. The predicted molar refractivity (Wildman–Crippen MR) is 114 cm³/mol. The van der Waals surface area contributed by atoms with Gasteiger partial charge in [0.15, 0.2) is 5.16 Å². The number of aromatic nitrogens is 2. The molecule has 158 valence electrons. The molecule has 0 bridgehead atoms. The molecule has 1 amide bonds. The molecule has 6 nitrogen and oxygen atoms in total. The zero-order valence-corrected chi connectivity index (χ0v) is 17.2. The normalized spacial score (nSPS) is 10.9. The van der Waals surface area contributed by atoms with E-state index in [1.807, 2.05) is 31.2 Å². The van der Waals surface area contributed by atoms with E-state index in [-0.39, 0.29) is 17.4 Å². The highest BCUT2D eigenvalue weighted by Crippen LogP contribution is 2.24. The molecule has 0 saturated carbocycles. The van der Waals surface area contributed by atoms with Crippen LogP contribution in [0.4, 0.5) is 14.6 Å². The summed E-state index contributed by atoms with van der Waals surface area (Å²) in [7, 11) is 0. The van der Waals surface area contributed by atoms with Gasteiger partial charge in [0.05, 0.1) is 11.3 Å². The van der Waals surface area contributed by atoms with Crippen LogP contribution in [0.3, 0.4) is 0 Å². The summed E-state index contributed by atoms with van der Waals surface area (Å²) >= 11 is 1.28. The van der Waals surface area contributed by atoms with Crippen molar-refractivity contribution in [2.45, 2.75) is 25.1 Å². The van der Waals surface area contributed by atoms with Crippen molar-refractivity contribution in [3.63, 3.8) is 0 Å². The Hall–Kier alpha value is -2.94. The zero-order valence-electron chi connectivity index (χ0n) is 16.4. The quantitative estimate of drug-likeness (QED) is 0.371. The maximum absolute atomic E-state index is 12.2. The van der Waals surface area contributed by atoms with E-state index in [4.69, 9.17) is 0 Å². The number of ether oxygens (including phenoxy) is 1. The Bertz CT molecular complexity index is 986. The zero-order chi connectivity index (χ0) is 21.3. The summed E-state index contributed by atoms with van der Waals surface area (Å²) in [5, 5.41) is 7.55. The highest BCUT2D eigenvalue weighted by Gasteiger charge is 2.10. The Morgan fingerprint density at radius 2 is 1.90 bits per heavy atom. The smallest absolute Gasteiger partial charge is 0.387 e. The Kier molecular flexibility index (Phi) is 7.78. The number of halogens is 2. The van der Waals surface area contributed by atoms with Gasteiger partial charge in [0.25, 0.3) is 0 Å². The highest BCUT2D eigenvalue weighted by atomic mass is 32.2. The van der Waals surface area contributed by atoms with E-state index in [0.717, 1.165) is 28.8 Å². The number of carbonyl (C=O) groups is 1. The Labute approximate surface area is 177 Å². The number of thioether (sulfide) groups is 1. The molecule has 0 fully saturated rings. The van der Waals surface area contributed by atoms with Gasteiger partial charge in [0, 0.05) is 18.5 Å². The monoisotopic (exact) mass is 432 g/mol. The fourth-order valence-electron chi connectivity index (χ4n) is 2.79. The predicted octanol–water partition coefficient (Wildman–Crippen LogP) is 4.11. The number of rotatable bonds is 10. The van der Waals surface area contributed by atoms with Gasteiger partial charge in [-0.2, -0.15) is 8.78 Å². The average molecular weight is 432 g/mol. The van der Waals surface area contributed by atoms with Crippen LogP contribution in [0, 0.1) is 0 Å². The molecule has 30 heavy (non-hydrogen) atoms. The van der Waals surface area contributed by atoms with Crippen molar-refractivity contribution in [1.29, 1.82) is 0 Å². The van der Waals surface area contributed by atoms with Gasteiger partial charge in [-0.1, -0.05) is 36.0 Å². The van der Waals surface area contributed by atoms with Crippen molar-refractivity contribution >= 4 is 34.4 Å². The molecule has 0 radical (unpaired) electrons. The number of nitrogens with one attached hydrogen (secondary N) is 2. The molecule has 0 unspecified atom stereocenters. The molecule has 2 aromatic carbocycles. The lowest BCUT2D eigenvalue weighted by Gasteiger charge is -2.09. The third kappa shape index (κ3) is 6.28. The first kappa shape index (κ1) is 21.8. The van der Waals surface area contributed by atoms with Gasteiger partial charge in [-0.25, -0.2) is 9.97 Å². The highest BCUT2D eigenvalue weighted by molar-refractivity contribution is 7.99. The lowest BCUT2D eigenvalue weighted by atomic mass is 10.1. The van der Waals surface area contributed by atoms with Crippen molar-refractivity contribution in [3.05, 3.63) is 54.1 Å². The largest absolute Gasteiger partial charge is 0.435 e. The molecular formula is C21H22F2N4O2S. The van der Waals surface area contributed by atoms with Gasteiger partial charge in [0.2, 0.25) is 5.91 Å². The van der Waals surface area contributed by atoms with E-state index < -0.39 is 6.61 Å². The van der Waals surface area contributed by atoms with Crippen LogP contribution in [-0.2, 0) is 11.2 Å². The molecule has 2 N–H and O–H groups in total. The molecular weight excluding hydrogens is 410 g/mol. The van der Waals surface area contributed by atoms with Crippen LogP contribution in [0.15, 0.2) is 53.7 Å². The number of benzene rings is 2. The molecule has 1 heterocycles. The second-order valence-electron chi connectivity index (χ2n) is 6.31. The minimum Gasteiger partial charge on any atom is -0.435 e. The minimum absolute atomic E-state index is 0.113. The van der Waals surface area contributed by atoms with Crippen LogP contribution < -0.4 is 15.4 Å². The summed E-state index contributed by atoms with van der Waals surface area (Å²) in [6.07, 6.45) is 0.586. The lowest BCUT2D eigenvalue weighted by Crippen LogP contribution is -2.27. The fourth-order valence-corrected chi connectivity index (χ4v) is 3.47. The molecule has 9 heteroatoms. The van der Waals surface area contributed by atoms with E-state index >= 15 is 0 Å². The van der Waals surface area contributed by atoms with Crippen LogP contribution >= 0.6 is 11.8 Å². The fraction of sp³-hybridized carbons (Fsp3) is 0.286. The van der Waals surface area contributed by atoms with Crippen molar-refractivity contribution in [2.24, 2.45) is 0 Å². The van der Waals surface area contributed by atoms with E-state index in [2.05, 4.69) is 25.3 Å². The first-order valence-corrected chi connectivity index (χ1v) is 10.5. The van der Waals surface area contributed by atoms with Crippen LogP contribution in [0.1, 0.15) is 12.5 Å². The van der Waals surface area contributed by atoms with Gasteiger partial charge in [-0.05, 0) is 43.2 Å². The Balaban J connectivity index is 1.49. The number of alkyl halides is 2. The number of hydrogen-bond donors (Lipinski definition) is 2. The maximum Gasteiger partial charge on any atom is 0.387 e. The van der Waals surface area contributed by atoms with Gasteiger partial charge in [0.1, 0.15) is 11.6 Å². The number of carbonyl (C=O) groups excluding carboxylic acids is 1. The second kappa shape index (κ2) is 10.7. The first-order chi connectivity index (χ1) is 14.5. The molecule has 0 aliphatic carbocycles. The van der Waals surface area contributed by atoms with Crippen LogP contribution in [-0.4, -0.2) is 41.3 Å². The van der Waals surface area contributed by atoms with E-state index in [1.165, 1.54) is 23.9 Å². The van der Waals surface area contributed by atoms with E-state index in [1.54, 1.807) is 12.1 Å².